The molecule has 88 valence electrons. The molecule has 0 saturated heterocycles. The van der Waals surface area contributed by atoms with Gasteiger partial charge < -0.3 is 5.73 Å². The number of benzene rings is 1. The Kier molecular flexibility index (Phi) is 3.55. The summed E-state index contributed by atoms with van der Waals surface area (Å²) in [6.07, 6.45) is 2.70. The molecule has 0 aliphatic rings. The van der Waals surface area contributed by atoms with Crippen LogP contribution in [0.3, 0.4) is 0 Å². The van der Waals surface area contributed by atoms with Crippen molar-refractivity contribution in [2.24, 2.45) is 5.73 Å². The molecular formula is C15H18N2. The molecular weight excluding hydrogens is 208 g/mol. The third-order valence-electron chi connectivity index (χ3n) is 3.22. The summed E-state index contributed by atoms with van der Waals surface area (Å²) in [6.45, 7) is 2.81. The fraction of sp³-hybridized carbons (Fsp3) is 0.267. The molecule has 2 nitrogen and oxygen atoms in total. The van der Waals surface area contributed by atoms with Gasteiger partial charge in [0.1, 0.15) is 0 Å². The van der Waals surface area contributed by atoms with Crippen LogP contribution in [0.25, 0.3) is 0 Å². The van der Waals surface area contributed by atoms with E-state index in [-0.39, 0.29) is 5.41 Å². The summed E-state index contributed by atoms with van der Waals surface area (Å²) in [6, 6.07) is 16.4. The number of aromatic nitrogens is 1. The van der Waals surface area contributed by atoms with Crippen LogP contribution in [0.15, 0.2) is 54.7 Å². The molecule has 1 aromatic carbocycles. The van der Waals surface area contributed by atoms with Gasteiger partial charge in [-0.25, -0.2) is 0 Å². The molecule has 2 aromatic rings. The smallest absolute Gasteiger partial charge is 0.0412 e. The van der Waals surface area contributed by atoms with Gasteiger partial charge in [0.25, 0.3) is 0 Å². The highest BCUT2D eigenvalue weighted by atomic mass is 14.7. The van der Waals surface area contributed by atoms with Crippen LogP contribution in [0.5, 0.6) is 0 Å². The van der Waals surface area contributed by atoms with Crippen molar-refractivity contribution in [2.75, 3.05) is 6.54 Å². The van der Waals surface area contributed by atoms with Crippen molar-refractivity contribution in [1.29, 1.82) is 0 Å². The van der Waals surface area contributed by atoms with Crippen molar-refractivity contribution in [1.82, 2.24) is 4.98 Å². The topological polar surface area (TPSA) is 38.9 Å². The predicted molar refractivity (Wildman–Crippen MR) is 70.8 cm³/mol. The largest absolute Gasteiger partial charge is 0.330 e. The third-order valence-corrected chi connectivity index (χ3v) is 3.22. The zero-order valence-electron chi connectivity index (χ0n) is 10.1. The first-order valence-electron chi connectivity index (χ1n) is 5.90. The Balaban J connectivity index is 2.27. The predicted octanol–water partition coefficient (Wildman–Crippen LogP) is 2.54. The summed E-state index contributed by atoms with van der Waals surface area (Å²) < 4.78 is 0. The van der Waals surface area contributed by atoms with E-state index in [1.54, 1.807) is 0 Å². The fourth-order valence-electron chi connectivity index (χ4n) is 2.04. The van der Waals surface area contributed by atoms with E-state index >= 15 is 0 Å². The number of nitrogens with zero attached hydrogens (tertiary/aromatic N) is 1. The third kappa shape index (κ3) is 2.71. The Labute approximate surface area is 103 Å². The van der Waals surface area contributed by atoms with Gasteiger partial charge in [0.2, 0.25) is 0 Å². The molecule has 0 aliphatic carbocycles. The second-order valence-electron chi connectivity index (χ2n) is 4.63. The lowest BCUT2D eigenvalue weighted by atomic mass is 9.78. The summed E-state index contributed by atoms with van der Waals surface area (Å²) in [4.78, 5) is 4.38. The molecule has 0 radical (unpaired) electrons. The highest BCUT2D eigenvalue weighted by molar-refractivity contribution is 5.27. The van der Waals surface area contributed by atoms with Gasteiger partial charge in [-0.1, -0.05) is 43.3 Å². The number of nitrogens with two attached hydrogens (primary N) is 1. The number of pyridine rings is 1. The minimum Gasteiger partial charge on any atom is -0.330 e. The minimum atomic E-state index is -0.0460. The highest BCUT2D eigenvalue weighted by Crippen LogP contribution is 2.26. The Morgan fingerprint density at radius 3 is 2.35 bits per heavy atom. The van der Waals surface area contributed by atoms with Gasteiger partial charge in [-0.2, -0.15) is 0 Å². The van der Waals surface area contributed by atoms with E-state index in [9.17, 15) is 0 Å². The van der Waals surface area contributed by atoms with Gasteiger partial charge >= 0.3 is 0 Å². The van der Waals surface area contributed by atoms with Gasteiger partial charge in [0.15, 0.2) is 0 Å². The molecule has 1 heterocycles. The van der Waals surface area contributed by atoms with E-state index in [0.717, 1.165) is 12.1 Å². The molecule has 2 rings (SSSR count). The van der Waals surface area contributed by atoms with Crippen molar-refractivity contribution in [3.8, 4) is 0 Å². The van der Waals surface area contributed by atoms with E-state index in [2.05, 4.69) is 42.2 Å². The summed E-state index contributed by atoms with van der Waals surface area (Å²) >= 11 is 0. The van der Waals surface area contributed by atoms with Crippen LogP contribution < -0.4 is 5.73 Å². The van der Waals surface area contributed by atoms with Gasteiger partial charge in [-0.3, -0.25) is 4.98 Å². The number of rotatable bonds is 4. The van der Waals surface area contributed by atoms with Crippen molar-refractivity contribution < 1.29 is 0 Å². The molecule has 0 fully saturated rings. The van der Waals surface area contributed by atoms with Crippen molar-refractivity contribution in [2.45, 2.75) is 18.8 Å². The maximum atomic E-state index is 5.96. The van der Waals surface area contributed by atoms with E-state index < -0.39 is 0 Å². The van der Waals surface area contributed by atoms with Crippen LogP contribution in [0.1, 0.15) is 18.2 Å². The molecule has 0 aliphatic heterocycles. The Morgan fingerprint density at radius 1 is 1.06 bits per heavy atom. The highest BCUT2D eigenvalue weighted by Gasteiger charge is 2.25. The van der Waals surface area contributed by atoms with E-state index in [1.165, 1.54) is 5.56 Å². The van der Waals surface area contributed by atoms with Crippen LogP contribution >= 0.6 is 0 Å². The molecule has 17 heavy (non-hydrogen) atoms. The van der Waals surface area contributed by atoms with Gasteiger partial charge in [0, 0.05) is 30.3 Å². The Morgan fingerprint density at radius 2 is 1.76 bits per heavy atom. The summed E-state index contributed by atoms with van der Waals surface area (Å²) in [5, 5.41) is 0. The maximum Gasteiger partial charge on any atom is 0.0412 e. The second-order valence-corrected chi connectivity index (χ2v) is 4.63. The van der Waals surface area contributed by atoms with E-state index in [0.29, 0.717) is 6.54 Å². The zero-order valence-corrected chi connectivity index (χ0v) is 10.1. The second kappa shape index (κ2) is 5.11. The lowest BCUT2D eigenvalue weighted by Crippen LogP contribution is -2.34. The van der Waals surface area contributed by atoms with E-state index in [1.807, 2.05) is 24.4 Å². The summed E-state index contributed by atoms with van der Waals surface area (Å²) in [5.41, 5.74) is 8.27. The van der Waals surface area contributed by atoms with Gasteiger partial charge in [-0.05, 0) is 17.7 Å². The van der Waals surface area contributed by atoms with Crippen LogP contribution in [-0.4, -0.2) is 11.5 Å². The first kappa shape index (κ1) is 11.8. The standard InChI is InChI=1S/C15H18N2/c1-15(12-16,13-7-3-2-4-8-13)11-14-9-5-6-10-17-14/h2-10H,11-12,16H2,1H3. The molecule has 2 N–H and O–H groups in total. The summed E-state index contributed by atoms with van der Waals surface area (Å²) in [7, 11) is 0. The molecule has 0 amide bonds. The molecule has 1 unspecified atom stereocenters. The molecule has 0 bridgehead atoms. The monoisotopic (exact) mass is 226 g/mol. The van der Waals surface area contributed by atoms with Gasteiger partial charge in [-0.15, -0.1) is 0 Å². The lowest BCUT2D eigenvalue weighted by molar-refractivity contribution is 0.475. The average molecular weight is 226 g/mol. The van der Waals surface area contributed by atoms with Crippen LogP contribution in [0.2, 0.25) is 0 Å². The maximum absolute atomic E-state index is 5.96. The average Bonchev–Trinajstić information content (AvgIpc) is 2.41. The fourth-order valence-corrected chi connectivity index (χ4v) is 2.04. The normalized spacial score (nSPS) is 14.2. The number of hydrogen-bond donors (Lipinski definition) is 1. The zero-order chi connectivity index (χ0) is 12.1. The van der Waals surface area contributed by atoms with Gasteiger partial charge in [0.05, 0.1) is 0 Å². The molecule has 1 aromatic heterocycles. The van der Waals surface area contributed by atoms with Crippen molar-refractivity contribution in [3.05, 3.63) is 66.0 Å². The Bertz CT molecular complexity index is 453. The molecule has 0 saturated carbocycles. The van der Waals surface area contributed by atoms with Crippen LogP contribution in [-0.2, 0) is 11.8 Å². The van der Waals surface area contributed by atoms with Crippen molar-refractivity contribution in [3.63, 3.8) is 0 Å². The molecule has 1 atom stereocenters. The van der Waals surface area contributed by atoms with Crippen LogP contribution in [0, 0.1) is 0 Å². The van der Waals surface area contributed by atoms with E-state index in [4.69, 9.17) is 5.73 Å². The summed E-state index contributed by atoms with van der Waals surface area (Å²) in [5.74, 6) is 0. The lowest BCUT2D eigenvalue weighted by Gasteiger charge is -2.28. The molecule has 2 heteroatoms. The molecule has 0 spiro atoms. The Hall–Kier alpha value is -1.67. The van der Waals surface area contributed by atoms with Crippen molar-refractivity contribution >= 4 is 0 Å². The first-order valence-corrected chi connectivity index (χ1v) is 5.90. The number of hydrogen-bond acceptors (Lipinski definition) is 2. The van der Waals surface area contributed by atoms with Crippen LogP contribution in [0.4, 0.5) is 0 Å². The minimum absolute atomic E-state index is 0.0460. The SMILES string of the molecule is CC(CN)(Cc1ccccn1)c1ccccc1. The first-order chi connectivity index (χ1) is 8.24. The quantitative estimate of drug-likeness (QED) is 0.870.